The van der Waals surface area contributed by atoms with E-state index in [-0.39, 0.29) is 17.1 Å². The molecule has 1 aromatic heterocycles. The molecule has 1 amide bonds. The van der Waals surface area contributed by atoms with Gasteiger partial charge in [0.1, 0.15) is 5.69 Å². The molecule has 2 fully saturated rings. The fourth-order valence-corrected chi connectivity index (χ4v) is 5.31. The number of piperidine rings is 1. The minimum Gasteiger partial charge on any atom is -0.350 e. The average molecular weight is 384 g/mol. The summed E-state index contributed by atoms with van der Waals surface area (Å²) >= 11 is 5.09. The van der Waals surface area contributed by atoms with Gasteiger partial charge >= 0.3 is 0 Å². The van der Waals surface area contributed by atoms with Crippen LogP contribution in [0.5, 0.6) is 0 Å². The number of nitrogens with one attached hydrogen (secondary N) is 1. The van der Waals surface area contributed by atoms with Gasteiger partial charge in [0.2, 0.25) is 0 Å². The Balaban J connectivity index is 1.44. The van der Waals surface area contributed by atoms with Crippen LogP contribution in [0.25, 0.3) is 10.9 Å². The van der Waals surface area contributed by atoms with Gasteiger partial charge in [-0.1, -0.05) is 54.7 Å². The number of nitrogens with zero attached hydrogens (tertiary/aromatic N) is 1. The second-order valence-corrected chi connectivity index (χ2v) is 8.08. The molecule has 1 saturated carbocycles. The number of allylic oxidation sites excluding steroid dienone is 2. The lowest BCUT2D eigenvalue weighted by atomic mass is 9.81. The van der Waals surface area contributed by atoms with E-state index in [1.54, 1.807) is 16.3 Å². The fraction of sp³-hybridized carbons (Fsp3) is 0.174. The van der Waals surface area contributed by atoms with Crippen LogP contribution in [-0.2, 0) is 5.41 Å². The van der Waals surface area contributed by atoms with E-state index in [0.29, 0.717) is 18.2 Å². The number of aromatic nitrogens is 1. The summed E-state index contributed by atoms with van der Waals surface area (Å²) in [5.74, 6) is 0.288. The standard InChI is InChI=1S/C23H16N2O2S/c26-19-9-20-23(17-7-2-1-6-16(17)19)10-15(23)11-25(20)22(27)18-8-13-4-3-5-14(12-28)21(13)24-18/h1-9,12,15,24H,10-11H2/t15-,23-/m1/s1. The van der Waals surface area contributed by atoms with E-state index in [1.807, 2.05) is 48.5 Å². The van der Waals surface area contributed by atoms with E-state index in [0.717, 1.165) is 39.7 Å². The number of fused-ring (bicyclic) bond motifs is 2. The first-order valence-electron chi connectivity index (χ1n) is 9.38. The maximum atomic E-state index is 13.4. The summed E-state index contributed by atoms with van der Waals surface area (Å²) in [5.41, 5.74) is 4.86. The number of hydrogen-bond acceptors (Lipinski definition) is 3. The molecular formula is C23H16N2O2S. The Kier molecular flexibility index (Phi) is 3.00. The summed E-state index contributed by atoms with van der Waals surface area (Å²) < 4.78 is 0. The number of likely N-dealkylation sites (tertiary alicyclic amines) is 1. The molecule has 1 aliphatic heterocycles. The van der Waals surface area contributed by atoms with Crippen molar-refractivity contribution in [3.63, 3.8) is 0 Å². The molecule has 2 aliphatic carbocycles. The molecule has 3 aromatic rings. The Bertz CT molecular complexity index is 1250. The first-order chi connectivity index (χ1) is 13.6. The molecule has 6 rings (SSSR count). The van der Waals surface area contributed by atoms with Crippen molar-refractivity contribution in [2.45, 2.75) is 11.8 Å². The second kappa shape index (κ2) is 5.26. The van der Waals surface area contributed by atoms with Gasteiger partial charge in [0.25, 0.3) is 5.91 Å². The first-order valence-corrected chi connectivity index (χ1v) is 9.85. The lowest BCUT2D eigenvalue weighted by molar-refractivity contribution is 0.0806. The van der Waals surface area contributed by atoms with Crippen molar-refractivity contribution >= 4 is 40.2 Å². The number of hydrogen-bond donors (Lipinski definition) is 1. The maximum absolute atomic E-state index is 13.4. The highest BCUT2D eigenvalue weighted by Crippen LogP contribution is 2.66. The van der Waals surface area contributed by atoms with Gasteiger partial charge in [0.15, 0.2) is 5.78 Å². The number of para-hydroxylation sites is 1. The van der Waals surface area contributed by atoms with Gasteiger partial charge in [-0.2, -0.15) is 0 Å². The van der Waals surface area contributed by atoms with Crippen LogP contribution in [0.15, 0.2) is 60.3 Å². The highest BCUT2D eigenvalue weighted by molar-refractivity contribution is 7.79. The summed E-state index contributed by atoms with van der Waals surface area (Å²) in [6.07, 6.45) is 2.69. The zero-order valence-electron chi connectivity index (χ0n) is 14.9. The van der Waals surface area contributed by atoms with Gasteiger partial charge in [-0.25, -0.2) is 0 Å². The number of rotatable bonds is 2. The first kappa shape index (κ1) is 16.0. The number of H-pyrrole nitrogens is 1. The molecule has 1 N–H and O–H groups in total. The van der Waals surface area contributed by atoms with Crippen molar-refractivity contribution in [1.82, 2.24) is 9.88 Å². The number of aromatic amines is 1. The van der Waals surface area contributed by atoms with Gasteiger partial charge in [-0.15, -0.1) is 0 Å². The van der Waals surface area contributed by atoms with E-state index in [2.05, 4.69) is 4.98 Å². The zero-order chi connectivity index (χ0) is 19.0. The van der Waals surface area contributed by atoms with Crippen molar-refractivity contribution in [3.8, 4) is 0 Å². The van der Waals surface area contributed by atoms with Gasteiger partial charge in [0, 0.05) is 45.6 Å². The van der Waals surface area contributed by atoms with Gasteiger partial charge in [-0.3, -0.25) is 9.59 Å². The lowest BCUT2D eigenvalue weighted by Gasteiger charge is -2.29. The minimum atomic E-state index is -0.161. The molecule has 2 heterocycles. The Morgan fingerprint density at radius 2 is 2.07 bits per heavy atom. The topological polar surface area (TPSA) is 53.2 Å². The fourth-order valence-electron chi connectivity index (χ4n) is 5.12. The van der Waals surface area contributed by atoms with Crippen molar-refractivity contribution in [3.05, 3.63) is 82.7 Å². The van der Waals surface area contributed by atoms with Gasteiger partial charge in [0.05, 0.1) is 5.52 Å². The normalized spacial score (nSPS) is 24.4. The third kappa shape index (κ3) is 1.87. The highest BCUT2D eigenvalue weighted by atomic mass is 32.1. The van der Waals surface area contributed by atoms with Gasteiger partial charge in [-0.05, 0) is 24.0 Å². The quantitative estimate of drug-likeness (QED) is 0.679. The predicted molar refractivity (Wildman–Crippen MR) is 111 cm³/mol. The predicted octanol–water partition coefficient (Wildman–Crippen LogP) is 4.01. The van der Waals surface area contributed by atoms with Crippen molar-refractivity contribution in [2.75, 3.05) is 6.54 Å². The lowest BCUT2D eigenvalue weighted by Crippen LogP contribution is -2.33. The average Bonchev–Trinajstić information content (AvgIpc) is 3.10. The third-order valence-corrected chi connectivity index (χ3v) is 6.74. The van der Waals surface area contributed by atoms with Crippen molar-refractivity contribution in [1.29, 1.82) is 0 Å². The van der Waals surface area contributed by atoms with Crippen molar-refractivity contribution < 1.29 is 9.59 Å². The van der Waals surface area contributed by atoms with Crippen LogP contribution in [0.4, 0.5) is 0 Å². The smallest absolute Gasteiger partial charge is 0.274 e. The number of carbonyl (C=O) groups is 2. The molecule has 2 aromatic carbocycles. The van der Waals surface area contributed by atoms with E-state index in [1.165, 1.54) is 0 Å². The third-order valence-electron chi connectivity index (χ3n) is 6.49. The van der Waals surface area contributed by atoms with Crippen LogP contribution in [-0.4, -0.2) is 33.5 Å². The number of ketones is 1. The number of amides is 1. The molecule has 0 unspecified atom stereocenters. The SMILES string of the molecule is O=C1C=C2N(C(=O)c3cc4cccc(C=S)c4[nH]3)C[C@H]3C[C@@]23c2ccccc21. The van der Waals surface area contributed by atoms with E-state index >= 15 is 0 Å². The molecule has 2 atom stereocenters. The van der Waals surface area contributed by atoms with E-state index in [4.69, 9.17) is 12.2 Å². The van der Waals surface area contributed by atoms with Crippen LogP contribution < -0.4 is 0 Å². The largest absolute Gasteiger partial charge is 0.350 e. The highest BCUT2D eigenvalue weighted by Gasteiger charge is 2.67. The van der Waals surface area contributed by atoms with Crippen LogP contribution in [0, 0.1) is 5.92 Å². The minimum absolute atomic E-state index is 0.0128. The molecule has 28 heavy (non-hydrogen) atoms. The van der Waals surface area contributed by atoms with E-state index < -0.39 is 0 Å². The monoisotopic (exact) mass is 384 g/mol. The van der Waals surface area contributed by atoms with Crippen molar-refractivity contribution in [2.24, 2.45) is 5.92 Å². The molecule has 4 nitrogen and oxygen atoms in total. The van der Waals surface area contributed by atoms with Crippen LogP contribution >= 0.6 is 12.2 Å². The molecule has 5 heteroatoms. The Hall–Kier alpha value is -3.05. The molecule has 136 valence electrons. The Morgan fingerprint density at radius 1 is 1.21 bits per heavy atom. The van der Waals surface area contributed by atoms with Gasteiger partial charge < -0.3 is 9.88 Å². The molecular weight excluding hydrogens is 368 g/mol. The Labute approximate surface area is 166 Å². The van der Waals surface area contributed by atoms with E-state index in [9.17, 15) is 9.59 Å². The molecule has 1 spiro atoms. The summed E-state index contributed by atoms with van der Waals surface area (Å²) in [5, 5.41) is 2.58. The summed E-state index contributed by atoms with van der Waals surface area (Å²) in [6, 6.07) is 15.5. The second-order valence-electron chi connectivity index (χ2n) is 7.84. The molecule has 0 radical (unpaired) electrons. The number of benzene rings is 2. The summed E-state index contributed by atoms with van der Waals surface area (Å²) in [7, 11) is 0. The Morgan fingerprint density at radius 3 is 2.93 bits per heavy atom. The molecule has 1 saturated heterocycles. The van der Waals surface area contributed by atoms with Crippen LogP contribution in [0.3, 0.4) is 0 Å². The number of carbonyl (C=O) groups excluding carboxylic acids is 2. The molecule has 3 aliphatic rings. The molecule has 0 bridgehead atoms. The maximum Gasteiger partial charge on any atom is 0.274 e. The zero-order valence-corrected chi connectivity index (χ0v) is 15.8. The van der Waals surface area contributed by atoms with Crippen LogP contribution in [0.1, 0.15) is 38.4 Å². The van der Waals surface area contributed by atoms with Crippen LogP contribution in [0.2, 0.25) is 0 Å². The summed E-state index contributed by atoms with van der Waals surface area (Å²) in [4.78, 5) is 31.1. The summed E-state index contributed by atoms with van der Waals surface area (Å²) in [6.45, 7) is 0.654. The number of thiocarbonyl (C=S) groups is 1.